The molecule has 1 amide bonds. The third-order valence-electron chi connectivity index (χ3n) is 2.06. The number of hydrogen-bond acceptors (Lipinski definition) is 3. The van der Waals surface area contributed by atoms with Crippen molar-refractivity contribution in [1.82, 2.24) is 15.2 Å². The third kappa shape index (κ3) is 2.27. The highest BCUT2D eigenvalue weighted by Crippen LogP contribution is 2.12. The molecule has 6 heteroatoms. The standard InChI is InChI=1S/C10H9BrN4O/c1-6-8(5-13-15-6)10(16)14-7-2-3-9(11)12-4-7/h2-5H,1H3,(H,13,15)(H,14,16). The van der Waals surface area contributed by atoms with Gasteiger partial charge in [-0.15, -0.1) is 0 Å². The number of aromatic nitrogens is 3. The van der Waals surface area contributed by atoms with Crippen molar-refractivity contribution >= 4 is 27.5 Å². The van der Waals surface area contributed by atoms with Crippen LogP contribution in [0, 0.1) is 6.92 Å². The third-order valence-corrected chi connectivity index (χ3v) is 2.53. The Morgan fingerprint density at radius 3 is 2.81 bits per heavy atom. The van der Waals surface area contributed by atoms with Crippen molar-refractivity contribution in [1.29, 1.82) is 0 Å². The molecule has 0 unspecified atom stereocenters. The maximum absolute atomic E-state index is 11.8. The highest BCUT2D eigenvalue weighted by molar-refractivity contribution is 9.10. The quantitative estimate of drug-likeness (QED) is 0.828. The molecule has 2 heterocycles. The summed E-state index contributed by atoms with van der Waals surface area (Å²) in [5, 5.41) is 9.23. The molecule has 0 aromatic carbocycles. The normalized spacial score (nSPS) is 10.1. The van der Waals surface area contributed by atoms with Crippen LogP contribution in [0.3, 0.4) is 0 Å². The number of rotatable bonds is 2. The highest BCUT2D eigenvalue weighted by Gasteiger charge is 2.10. The van der Waals surface area contributed by atoms with Crippen molar-refractivity contribution in [2.45, 2.75) is 6.92 Å². The van der Waals surface area contributed by atoms with E-state index in [0.29, 0.717) is 11.3 Å². The summed E-state index contributed by atoms with van der Waals surface area (Å²) in [7, 11) is 0. The van der Waals surface area contributed by atoms with E-state index in [-0.39, 0.29) is 5.91 Å². The van der Waals surface area contributed by atoms with Crippen LogP contribution in [0.1, 0.15) is 16.1 Å². The molecular weight excluding hydrogens is 272 g/mol. The van der Waals surface area contributed by atoms with E-state index in [1.807, 2.05) is 0 Å². The van der Waals surface area contributed by atoms with E-state index in [4.69, 9.17) is 0 Å². The predicted octanol–water partition coefficient (Wildman–Crippen LogP) is 2.13. The van der Waals surface area contributed by atoms with Crippen LogP contribution in [0.15, 0.2) is 29.1 Å². The van der Waals surface area contributed by atoms with E-state index in [2.05, 4.69) is 36.4 Å². The van der Waals surface area contributed by atoms with Gasteiger partial charge in [0.15, 0.2) is 0 Å². The number of H-pyrrole nitrogens is 1. The Bertz CT molecular complexity index is 506. The van der Waals surface area contributed by atoms with Gasteiger partial charge in [0.25, 0.3) is 5.91 Å². The molecule has 2 aromatic rings. The van der Waals surface area contributed by atoms with E-state index in [9.17, 15) is 4.79 Å². The molecule has 82 valence electrons. The smallest absolute Gasteiger partial charge is 0.259 e. The molecule has 0 spiro atoms. The van der Waals surface area contributed by atoms with Gasteiger partial charge in [-0.05, 0) is 35.0 Å². The van der Waals surface area contributed by atoms with Crippen LogP contribution in [-0.2, 0) is 0 Å². The summed E-state index contributed by atoms with van der Waals surface area (Å²) in [4.78, 5) is 15.8. The SMILES string of the molecule is Cc1[nH]ncc1C(=O)Nc1ccc(Br)nc1. The number of aryl methyl sites for hydroxylation is 1. The highest BCUT2D eigenvalue weighted by atomic mass is 79.9. The Balaban J connectivity index is 2.14. The number of halogens is 1. The molecule has 0 bridgehead atoms. The fourth-order valence-electron chi connectivity index (χ4n) is 1.23. The second-order valence-electron chi connectivity index (χ2n) is 3.23. The minimum absolute atomic E-state index is 0.199. The molecular formula is C10H9BrN4O. The molecule has 0 saturated heterocycles. The first-order chi connectivity index (χ1) is 7.66. The lowest BCUT2D eigenvalue weighted by molar-refractivity contribution is 0.102. The molecule has 0 fully saturated rings. The van der Waals surface area contributed by atoms with Gasteiger partial charge in [-0.25, -0.2) is 4.98 Å². The number of nitrogens with zero attached hydrogens (tertiary/aromatic N) is 2. The van der Waals surface area contributed by atoms with Crippen LogP contribution in [0.25, 0.3) is 0 Å². The molecule has 0 radical (unpaired) electrons. The molecule has 2 aromatic heterocycles. The lowest BCUT2D eigenvalue weighted by Crippen LogP contribution is -2.12. The maximum atomic E-state index is 11.8. The van der Waals surface area contributed by atoms with Crippen molar-refractivity contribution in [3.05, 3.63) is 40.4 Å². The average molecular weight is 281 g/mol. The van der Waals surface area contributed by atoms with Gasteiger partial charge in [0, 0.05) is 5.69 Å². The summed E-state index contributed by atoms with van der Waals surface area (Å²) < 4.78 is 0.727. The number of nitrogens with one attached hydrogen (secondary N) is 2. The molecule has 5 nitrogen and oxygen atoms in total. The zero-order valence-electron chi connectivity index (χ0n) is 8.49. The first-order valence-electron chi connectivity index (χ1n) is 4.59. The fraction of sp³-hybridized carbons (Fsp3) is 0.100. The first-order valence-corrected chi connectivity index (χ1v) is 5.39. The van der Waals surface area contributed by atoms with E-state index >= 15 is 0 Å². The number of amides is 1. The Morgan fingerprint density at radius 1 is 1.44 bits per heavy atom. The summed E-state index contributed by atoms with van der Waals surface area (Å²) >= 11 is 3.22. The topological polar surface area (TPSA) is 70.7 Å². The second-order valence-corrected chi connectivity index (χ2v) is 4.04. The monoisotopic (exact) mass is 280 g/mol. The Kier molecular flexibility index (Phi) is 3.00. The van der Waals surface area contributed by atoms with Gasteiger partial charge in [-0.2, -0.15) is 5.10 Å². The first kappa shape index (κ1) is 10.8. The fourth-order valence-corrected chi connectivity index (χ4v) is 1.46. The van der Waals surface area contributed by atoms with Gasteiger partial charge >= 0.3 is 0 Å². The van der Waals surface area contributed by atoms with Gasteiger partial charge < -0.3 is 5.32 Å². The summed E-state index contributed by atoms with van der Waals surface area (Å²) in [5.41, 5.74) is 1.92. The summed E-state index contributed by atoms with van der Waals surface area (Å²) in [6.07, 6.45) is 3.08. The number of carbonyl (C=O) groups excluding carboxylic acids is 1. The predicted molar refractivity (Wildman–Crippen MR) is 63.2 cm³/mol. The number of pyridine rings is 1. The van der Waals surface area contributed by atoms with Crippen molar-refractivity contribution in [2.75, 3.05) is 5.32 Å². The Labute approximate surface area is 100 Å². The van der Waals surface area contributed by atoms with Crippen LogP contribution in [0.4, 0.5) is 5.69 Å². The van der Waals surface area contributed by atoms with E-state index in [1.54, 1.807) is 25.3 Å². The lowest BCUT2D eigenvalue weighted by Gasteiger charge is -2.03. The van der Waals surface area contributed by atoms with Crippen molar-refractivity contribution in [2.24, 2.45) is 0 Å². The van der Waals surface area contributed by atoms with E-state index in [1.165, 1.54) is 6.20 Å². The van der Waals surface area contributed by atoms with Crippen LogP contribution >= 0.6 is 15.9 Å². The maximum Gasteiger partial charge on any atom is 0.259 e. The van der Waals surface area contributed by atoms with Gasteiger partial charge in [-0.3, -0.25) is 9.89 Å². The van der Waals surface area contributed by atoms with Gasteiger partial charge in [0.05, 0.1) is 23.6 Å². The average Bonchev–Trinajstić information content (AvgIpc) is 2.68. The van der Waals surface area contributed by atoms with Crippen LogP contribution in [0.2, 0.25) is 0 Å². The van der Waals surface area contributed by atoms with Gasteiger partial charge in [0.2, 0.25) is 0 Å². The molecule has 0 aliphatic rings. The van der Waals surface area contributed by atoms with Crippen molar-refractivity contribution in [3.8, 4) is 0 Å². The largest absolute Gasteiger partial charge is 0.320 e. The number of anilines is 1. The number of aromatic amines is 1. The number of hydrogen-bond donors (Lipinski definition) is 2. The summed E-state index contributed by atoms with van der Waals surface area (Å²) in [6, 6.07) is 3.53. The minimum Gasteiger partial charge on any atom is -0.320 e. The summed E-state index contributed by atoms with van der Waals surface area (Å²) in [5.74, 6) is -0.199. The van der Waals surface area contributed by atoms with Gasteiger partial charge in [-0.1, -0.05) is 0 Å². The molecule has 0 saturated carbocycles. The lowest BCUT2D eigenvalue weighted by atomic mass is 10.2. The zero-order valence-corrected chi connectivity index (χ0v) is 10.1. The van der Waals surface area contributed by atoms with Crippen LogP contribution < -0.4 is 5.32 Å². The minimum atomic E-state index is -0.199. The van der Waals surface area contributed by atoms with Gasteiger partial charge in [0.1, 0.15) is 4.60 Å². The second kappa shape index (κ2) is 4.44. The summed E-state index contributed by atoms with van der Waals surface area (Å²) in [6.45, 7) is 1.79. The molecule has 0 aliphatic carbocycles. The van der Waals surface area contributed by atoms with E-state index in [0.717, 1.165) is 10.3 Å². The molecule has 2 rings (SSSR count). The molecule has 0 atom stereocenters. The van der Waals surface area contributed by atoms with E-state index < -0.39 is 0 Å². The van der Waals surface area contributed by atoms with Crippen molar-refractivity contribution < 1.29 is 4.79 Å². The van der Waals surface area contributed by atoms with Crippen LogP contribution in [0.5, 0.6) is 0 Å². The molecule has 2 N–H and O–H groups in total. The molecule has 0 aliphatic heterocycles. The van der Waals surface area contributed by atoms with Crippen molar-refractivity contribution in [3.63, 3.8) is 0 Å². The zero-order chi connectivity index (χ0) is 11.5. The number of carbonyl (C=O) groups is 1. The Morgan fingerprint density at radius 2 is 2.25 bits per heavy atom. The van der Waals surface area contributed by atoms with Crippen LogP contribution in [-0.4, -0.2) is 21.1 Å². The molecule has 16 heavy (non-hydrogen) atoms. The Hall–Kier alpha value is -1.69.